The van der Waals surface area contributed by atoms with Gasteiger partial charge in [-0.2, -0.15) is 0 Å². The molecule has 1 N–H and O–H groups in total. The van der Waals surface area contributed by atoms with Gasteiger partial charge in [0.25, 0.3) is 5.91 Å². The normalized spacial score (nSPS) is 12.1. The lowest BCUT2D eigenvalue weighted by atomic mass is 10.1. The van der Waals surface area contributed by atoms with E-state index in [9.17, 15) is 9.59 Å². The molecule has 0 saturated heterocycles. The van der Waals surface area contributed by atoms with Crippen LogP contribution in [0.1, 0.15) is 38.8 Å². The lowest BCUT2D eigenvalue weighted by Crippen LogP contribution is -2.53. The largest absolute Gasteiger partial charge is 0.493 e. The van der Waals surface area contributed by atoms with Crippen LogP contribution in [-0.4, -0.2) is 42.0 Å². The highest BCUT2D eigenvalue weighted by Gasteiger charge is 2.29. The molecule has 6 nitrogen and oxygen atoms in total. The molecule has 2 aromatic rings. The number of ether oxygens (including phenoxy) is 2. The van der Waals surface area contributed by atoms with Crippen LogP contribution in [0.15, 0.2) is 48.5 Å². The van der Waals surface area contributed by atoms with Gasteiger partial charge in [-0.15, -0.1) is 0 Å². The third kappa shape index (κ3) is 6.51. The maximum atomic E-state index is 13.1. The number of hydrogen-bond acceptors (Lipinski definition) is 4. The van der Waals surface area contributed by atoms with Crippen molar-refractivity contribution in [2.24, 2.45) is 0 Å². The predicted octanol–water partition coefficient (Wildman–Crippen LogP) is 3.71. The Bertz CT molecular complexity index is 874. The van der Waals surface area contributed by atoms with Crippen LogP contribution >= 0.6 is 0 Å². The van der Waals surface area contributed by atoms with Crippen molar-refractivity contribution >= 4 is 11.8 Å². The zero-order chi connectivity index (χ0) is 22.3. The number of methoxy groups -OCH3 is 1. The molecule has 0 aliphatic carbocycles. The fourth-order valence-corrected chi connectivity index (χ4v) is 2.99. The summed E-state index contributed by atoms with van der Waals surface area (Å²) in [5, 5.41) is 2.95. The average Bonchev–Trinajstić information content (AvgIpc) is 2.69. The lowest BCUT2D eigenvalue weighted by Gasteiger charge is -2.31. The first-order valence-electron chi connectivity index (χ1n) is 10.0. The second-order valence-corrected chi connectivity index (χ2v) is 8.30. The smallest absolute Gasteiger partial charge is 0.261 e. The van der Waals surface area contributed by atoms with Gasteiger partial charge in [0, 0.05) is 12.1 Å². The molecule has 2 aromatic carbocycles. The molecule has 0 saturated carbocycles. The number of carbonyl (C=O) groups is 2. The number of nitrogens with one attached hydrogen (secondary N) is 1. The molecule has 1 atom stereocenters. The fraction of sp³-hybridized carbons (Fsp3) is 0.417. The summed E-state index contributed by atoms with van der Waals surface area (Å²) in [6, 6.07) is 14.3. The summed E-state index contributed by atoms with van der Waals surface area (Å²) >= 11 is 0. The molecular formula is C24H32N2O4. The minimum Gasteiger partial charge on any atom is -0.493 e. The number of hydrogen-bond donors (Lipinski definition) is 1. The van der Waals surface area contributed by atoms with Crippen molar-refractivity contribution in [3.63, 3.8) is 0 Å². The summed E-state index contributed by atoms with van der Waals surface area (Å²) in [5.74, 6) is 0.549. The molecule has 0 radical (unpaired) electrons. The number of nitrogens with zero attached hydrogens (tertiary/aromatic N) is 1. The van der Waals surface area contributed by atoms with E-state index in [2.05, 4.69) is 5.32 Å². The molecule has 162 valence electrons. The van der Waals surface area contributed by atoms with Gasteiger partial charge >= 0.3 is 0 Å². The summed E-state index contributed by atoms with van der Waals surface area (Å²) in [6.07, 6.45) is 0. The van der Waals surface area contributed by atoms with Crippen LogP contribution in [0, 0.1) is 6.92 Å². The topological polar surface area (TPSA) is 67.9 Å². The second kappa shape index (κ2) is 10.1. The van der Waals surface area contributed by atoms with E-state index in [4.69, 9.17) is 9.47 Å². The van der Waals surface area contributed by atoms with Crippen molar-refractivity contribution in [1.29, 1.82) is 0 Å². The molecule has 30 heavy (non-hydrogen) atoms. The van der Waals surface area contributed by atoms with Gasteiger partial charge < -0.3 is 19.7 Å². The minimum atomic E-state index is -0.655. The van der Waals surface area contributed by atoms with Gasteiger partial charge in [-0.1, -0.05) is 36.4 Å². The van der Waals surface area contributed by atoms with Crippen molar-refractivity contribution in [3.05, 3.63) is 59.7 Å². The Hall–Kier alpha value is -3.02. The third-order valence-corrected chi connectivity index (χ3v) is 4.69. The maximum Gasteiger partial charge on any atom is 0.261 e. The first kappa shape index (κ1) is 23.3. The summed E-state index contributed by atoms with van der Waals surface area (Å²) in [6.45, 7) is 9.59. The summed E-state index contributed by atoms with van der Waals surface area (Å²) in [7, 11) is 1.55. The van der Waals surface area contributed by atoms with Gasteiger partial charge in [-0.25, -0.2) is 0 Å². The van der Waals surface area contributed by atoms with Crippen molar-refractivity contribution in [1.82, 2.24) is 10.2 Å². The van der Waals surface area contributed by atoms with E-state index in [-0.39, 0.29) is 18.4 Å². The Labute approximate surface area is 179 Å². The highest BCUT2D eigenvalue weighted by Crippen LogP contribution is 2.26. The molecule has 0 aromatic heterocycles. The summed E-state index contributed by atoms with van der Waals surface area (Å²) in [5.41, 5.74) is 1.65. The number of rotatable bonds is 8. The zero-order valence-electron chi connectivity index (χ0n) is 18.7. The highest BCUT2D eigenvalue weighted by molar-refractivity contribution is 5.88. The van der Waals surface area contributed by atoms with Gasteiger partial charge in [-0.3, -0.25) is 9.59 Å². The highest BCUT2D eigenvalue weighted by atomic mass is 16.5. The van der Waals surface area contributed by atoms with Gasteiger partial charge in [-0.05, 0) is 57.9 Å². The van der Waals surface area contributed by atoms with Crippen LogP contribution in [0.25, 0.3) is 0 Å². The van der Waals surface area contributed by atoms with Gasteiger partial charge in [0.1, 0.15) is 6.04 Å². The molecule has 1 unspecified atom stereocenters. The van der Waals surface area contributed by atoms with E-state index in [0.717, 1.165) is 11.1 Å². The van der Waals surface area contributed by atoms with Crippen molar-refractivity contribution in [3.8, 4) is 11.5 Å². The molecule has 0 spiro atoms. The Morgan fingerprint density at radius 1 is 1.03 bits per heavy atom. The van der Waals surface area contributed by atoms with Crippen molar-refractivity contribution in [2.75, 3.05) is 13.7 Å². The molecule has 0 aliphatic heterocycles. The second-order valence-electron chi connectivity index (χ2n) is 8.30. The maximum absolute atomic E-state index is 13.1. The number of carbonyl (C=O) groups excluding carboxylic acids is 2. The fourth-order valence-electron chi connectivity index (χ4n) is 2.99. The minimum absolute atomic E-state index is 0.195. The Morgan fingerprint density at radius 2 is 1.63 bits per heavy atom. The first-order valence-corrected chi connectivity index (χ1v) is 10.0. The van der Waals surface area contributed by atoms with Crippen LogP contribution in [0.3, 0.4) is 0 Å². The first-order chi connectivity index (χ1) is 14.1. The molecule has 0 heterocycles. The van der Waals surface area contributed by atoms with Gasteiger partial charge in [0.05, 0.1) is 7.11 Å². The summed E-state index contributed by atoms with van der Waals surface area (Å²) < 4.78 is 11.0. The van der Waals surface area contributed by atoms with Gasteiger partial charge in [0.15, 0.2) is 18.1 Å². The van der Waals surface area contributed by atoms with E-state index >= 15 is 0 Å². The monoisotopic (exact) mass is 412 g/mol. The third-order valence-electron chi connectivity index (χ3n) is 4.69. The number of amides is 2. The van der Waals surface area contributed by atoms with E-state index < -0.39 is 11.6 Å². The number of aryl methyl sites for hydroxylation is 1. The van der Waals surface area contributed by atoms with Gasteiger partial charge in [0.2, 0.25) is 5.91 Å². The molecule has 6 heteroatoms. The molecule has 0 aliphatic rings. The Morgan fingerprint density at radius 3 is 2.23 bits per heavy atom. The molecule has 0 fully saturated rings. The van der Waals surface area contributed by atoms with Crippen molar-refractivity contribution < 1.29 is 19.1 Å². The molecule has 2 rings (SSSR count). The Balaban J connectivity index is 2.22. The standard InChI is InChI=1S/C24H32N2O4/c1-17-11-7-8-12-19(17)15-26(18(2)23(28)25-24(3,4)5)22(27)16-30-21-14-10-9-13-20(21)29-6/h7-14,18H,15-16H2,1-6H3,(H,25,28). The molecule has 0 bridgehead atoms. The lowest BCUT2D eigenvalue weighted by molar-refractivity contribution is -0.142. The predicted molar refractivity (Wildman–Crippen MR) is 118 cm³/mol. The average molecular weight is 413 g/mol. The Kier molecular flexibility index (Phi) is 7.86. The van der Waals surface area contributed by atoms with E-state index in [1.54, 1.807) is 31.1 Å². The van der Waals surface area contributed by atoms with Crippen molar-refractivity contribution in [2.45, 2.75) is 52.7 Å². The van der Waals surface area contributed by atoms with Crippen LogP contribution in [-0.2, 0) is 16.1 Å². The van der Waals surface area contributed by atoms with E-state index in [1.807, 2.05) is 64.1 Å². The van der Waals surface area contributed by atoms with Crippen LogP contribution in [0.2, 0.25) is 0 Å². The van der Waals surface area contributed by atoms with Crippen LogP contribution in [0.4, 0.5) is 0 Å². The van der Waals surface area contributed by atoms with E-state index in [1.165, 1.54) is 0 Å². The van der Waals surface area contributed by atoms with E-state index in [0.29, 0.717) is 18.0 Å². The molecule has 2 amide bonds. The SMILES string of the molecule is COc1ccccc1OCC(=O)N(Cc1ccccc1C)C(C)C(=O)NC(C)(C)C. The van der Waals surface area contributed by atoms with Crippen LogP contribution in [0.5, 0.6) is 11.5 Å². The van der Waals surface area contributed by atoms with Crippen LogP contribution < -0.4 is 14.8 Å². The zero-order valence-corrected chi connectivity index (χ0v) is 18.7. The number of benzene rings is 2. The summed E-state index contributed by atoms with van der Waals surface area (Å²) in [4.78, 5) is 27.5. The quantitative estimate of drug-likeness (QED) is 0.718. The molecular weight excluding hydrogens is 380 g/mol. The number of para-hydroxylation sites is 2.